The molecule has 2 saturated carbocycles. The lowest BCUT2D eigenvalue weighted by molar-refractivity contribution is -0.122. The van der Waals surface area contributed by atoms with Gasteiger partial charge in [0.05, 0.1) is 13.3 Å². The molecule has 2 aliphatic rings. The number of carbonyl (C=O) groups excluding carboxylic acids is 1. The van der Waals surface area contributed by atoms with Gasteiger partial charge < -0.3 is 4.74 Å². The molecule has 0 radical (unpaired) electrons. The summed E-state index contributed by atoms with van der Waals surface area (Å²) in [7, 11) is 1.62. The minimum atomic E-state index is 0.0668. The minimum absolute atomic E-state index is 0.0668. The molecule has 0 heterocycles. The molecule has 0 aromatic heterocycles. The first kappa shape index (κ1) is 14.6. The molecule has 3 rings (SSSR count). The quantitative estimate of drug-likeness (QED) is 0.668. The lowest BCUT2D eigenvalue weighted by atomic mass is 10.0. The molecule has 2 aliphatic carbocycles. The Kier molecular flexibility index (Phi) is 4.29. The predicted molar refractivity (Wildman–Crippen MR) is 85.4 cm³/mol. The largest absolute Gasteiger partial charge is 0.496 e. The van der Waals surface area contributed by atoms with E-state index in [-0.39, 0.29) is 11.8 Å². The highest BCUT2D eigenvalue weighted by molar-refractivity contribution is 9.10. The molecule has 0 unspecified atom stereocenters. The smallest absolute Gasteiger partial charge is 0.243 e. The van der Waals surface area contributed by atoms with Crippen molar-refractivity contribution in [2.45, 2.75) is 25.7 Å². The highest BCUT2D eigenvalue weighted by Gasteiger charge is 2.54. The molecule has 1 N–H and O–H groups in total. The third kappa shape index (κ3) is 3.12. The van der Waals surface area contributed by atoms with Crippen LogP contribution in [0.4, 0.5) is 0 Å². The van der Waals surface area contributed by atoms with Crippen LogP contribution in [-0.2, 0) is 4.79 Å². The fraction of sp³-hybridized carbons (Fsp3) is 0.500. The molecule has 1 aromatic rings. The van der Waals surface area contributed by atoms with Gasteiger partial charge >= 0.3 is 0 Å². The van der Waals surface area contributed by atoms with Gasteiger partial charge in [-0.2, -0.15) is 5.10 Å². The zero-order valence-corrected chi connectivity index (χ0v) is 13.6. The number of rotatable bonds is 4. The maximum atomic E-state index is 12.1. The molecule has 1 amide bonds. The van der Waals surface area contributed by atoms with E-state index in [1.54, 1.807) is 13.3 Å². The summed E-state index contributed by atoms with van der Waals surface area (Å²) in [5.74, 6) is 2.20. The van der Waals surface area contributed by atoms with Crippen LogP contribution in [0.5, 0.6) is 5.75 Å². The van der Waals surface area contributed by atoms with Crippen molar-refractivity contribution in [3.63, 3.8) is 0 Å². The topological polar surface area (TPSA) is 50.7 Å². The number of fused-ring (bicyclic) bond motifs is 1. The Morgan fingerprint density at radius 1 is 1.38 bits per heavy atom. The zero-order valence-electron chi connectivity index (χ0n) is 12.0. The highest BCUT2D eigenvalue weighted by atomic mass is 79.9. The molecular weight excluding hydrogens is 332 g/mol. The highest BCUT2D eigenvalue weighted by Crippen LogP contribution is 2.55. The van der Waals surface area contributed by atoms with Crippen LogP contribution < -0.4 is 10.2 Å². The fourth-order valence-corrected chi connectivity index (χ4v) is 3.81. The lowest BCUT2D eigenvalue weighted by Crippen LogP contribution is -2.20. The van der Waals surface area contributed by atoms with Crippen LogP contribution in [0.25, 0.3) is 0 Å². The minimum Gasteiger partial charge on any atom is -0.496 e. The first-order chi connectivity index (χ1) is 10.2. The Bertz CT molecular complexity index is 561. The first-order valence-corrected chi connectivity index (χ1v) is 8.16. The zero-order chi connectivity index (χ0) is 14.8. The van der Waals surface area contributed by atoms with Gasteiger partial charge in [0.25, 0.3) is 0 Å². The molecule has 0 aliphatic heterocycles. The van der Waals surface area contributed by atoms with Crippen LogP contribution >= 0.6 is 15.9 Å². The van der Waals surface area contributed by atoms with E-state index >= 15 is 0 Å². The predicted octanol–water partition coefficient (Wildman–Crippen LogP) is 3.34. The second-order valence-corrected chi connectivity index (χ2v) is 6.67. The van der Waals surface area contributed by atoms with Crippen molar-refractivity contribution in [3.05, 3.63) is 28.2 Å². The van der Waals surface area contributed by atoms with E-state index in [1.807, 2.05) is 18.2 Å². The van der Waals surface area contributed by atoms with E-state index in [2.05, 4.69) is 26.5 Å². The Hall–Kier alpha value is -1.36. The van der Waals surface area contributed by atoms with Crippen LogP contribution in [0.15, 0.2) is 27.8 Å². The molecule has 4 nitrogen and oxygen atoms in total. The number of carbonyl (C=O) groups is 1. The number of amides is 1. The summed E-state index contributed by atoms with van der Waals surface area (Å²) in [5.41, 5.74) is 3.51. The summed E-state index contributed by atoms with van der Waals surface area (Å²) < 4.78 is 6.22. The Morgan fingerprint density at radius 2 is 2.10 bits per heavy atom. The number of hydrogen-bond donors (Lipinski definition) is 1. The van der Waals surface area contributed by atoms with Crippen molar-refractivity contribution in [2.75, 3.05) is 7.11 Å². The molecule has 5 heteroatoms. The normalized spacial score (nSPS) is 27.2. The van der Waals surface area contributed by atoms with Gasteiger partial charge in [0.2, 0.25) is 5.91 Å². The van der Waals surface area contributed by atoms with E-state index < -0.39 is 0 Å². The molecular formula is C16H19BrN2O2. The SMILES string of the molecule is COc1ccc(Br)cc1/C=N\NC(=O)C1[C@H]2CCCC[C@H]12. The van der Waals surface area contributed by atoms with Gasteiger partial charge in [-0.15, -0.1) is 0 Å². The van der Waals surface area contributed by atoms with Crippen molar-refractivity contribution < 1.29 is 9.53 Å². The van der Waals surface area contributed by atoms with E-state index in [0.717, 1.165) is 15.8 Å². The van der Waals surface area contributed by atoms with Crippen molar-refractivity contribution in [1.82, 2.24) is 5.43 Å². The standard InChI is InChI=1S/C16H19BrN2O2/c1-21-14-7-6-11(17)8-10(14)9-18-19-16(20)15-12-4-2-3-5-13(12)15/h6-9,12-13,15H,2-5H2,1H3,(H,19,20)/b18-9-/t12-,13-/m0/s1. The molecule has 21 heavy (non-hydrogen) atoms. The van der Waals surface area contributed by atoms with Crippen LogP contribution in [0.1, 0.15) is 31.2 Å². The molecule has 1 aromatic carbocycles. The van der Waals surface area contributed by atoms with Gasteiger partial charge in [0.1, 0.15) is 5.75 Å². The van der Waals surface area contributed by atoms with E-state index in [0.29, 0.717) is 11.8 Å². The lowest BCUT2D eigenvalue weighted by Gasteiger charge is -2.04. The number of hydrogen-bond acceptors (Lipinski definition) is 3. The summed E-state index contributed by atoms with van der Waals surface area (Å²) >= 11 is 3.42. The third-order valence-electron chi connectivity index (χ3n) is 4.53. The van der Waals surface area contributed by atoms with Crippen molar-refractivity contribution in [2.24, 2.45) is 22.9 Å². The van der Waals surface area contributed by atoms with Crippen LogP contribution in [0.3, 0.4) is 0 Å². The average molecular weight is 351 g/mol. The molecule has 112 valence electrons. The Morgan fingerprint density at radius 3 is 2.76 bits per heavy atom. The second kappa shape index (κ2) is 6.18. The van der Waals surface area contributed by atoms with Gasteiger partial charge in [0, 0.05) is 16.0 Å². The van der Waals surface area contributed by atoms with Crippen molar-refractivity contribution >= 4 is 28.1 Å². The van der Waals surface area contributed by atoms with Crippen molar-refractivity contribution in [1.29, 1.82) is 0 Å². The van der Waals surface area contributed by atoms with Crippen LogP contribution in [-0.4, -0.2) is 19.2 Å². The number of ether oxygens (including phenoxy) is 1. The van der Waals surface area contributed by atoms with Gasteiger partial charge in [-0.1, -0.05) is 28.8 Å². The maximum Gasteiger partial charge on any atom is 0.243 e. The molecule has 2 fully saturated rings. The fourth-order valence-electron chi connectivity index (χ4n) is 3.43. The van der Waals surface area contributed by atoms with E-state index in [4.69, 9.17) is 4.74 Å². The number of nitrogens with one attached hydrogen (secondary N) is 1. The number of halogens is 1. The molecule has 2 atom stereocenters. The van der Waals surface area contributed by atoms with Crippen LogP contribution in [0.2, 0.25) is 0 Å². The Balaban J connectivity index is 1.60. The summed E-state index contributed by atoms with van der Waals surface area (Å²) in [6.45, 7) is 0. The summed E-state index contributed by atoms with van der Waals surface area (Å²) in [4.78, 5) is 12.1. The van der Waals surface area contributed by atoms with Gasteiger partial charge in [-0.25, -0.2) is 5.43 Å². The molecule has 0 saturated heterocycles. The van der Waals surface area contributed by atoms with E-state index in [1.165, 1.54) is 25.7 Å². The second-order valence-electron chi connectivity index (χ2n) is 5.76. The van der Waals surface area contributed by atoms with Gasteiger partial charge in [0.15, 0.2) is 0 Å². The molecule has 0 bridgehead atoms. The molecule has 0 spiro atoms. The van der Waals surface area contributed by atoms with E-state index in [9.17, 15) is 4.79 Å². The summed E-state index contributed by atoms with van der Waals surface area (Å²) in [5, 5.41) is 4.09. The number of benzene rings is 1. The number of nitrogens with zero attached hydrogens (tertiary/aromatic N) is 1. The third-order valence-corrected chi connectivity index (χ3v) is 5.02. The van der Waals surface area contributed by atoms with Crippen LogP contribution in [0, 0.1) is 17.8 Å². The van der Waals surface area contributed by atoms with Crippen molar-refractivity contribution in [3.8, 4) is 5.75 Å². The Labute approximate surface area is 133 Å². The summed E-state index contributed by atoms with van der Waals surface area (Å²) in [6, 6.07) is 5.68. The monoisotopic (exact) mass is 350 g/mol. The van der Waals surface area contributed by atoms with Gasteiger partial charge in [-0.05, 0) is 42.9 Å². The first-order valence-electron chi connectivity index (χ1n) is 7.37. The maximum absolute atomic E-state index is 12.1. The summed E-state index contributed by atoms with van der Waals surface area (Å²) in [6.07, 6.45) is 6.57. The number of methoxy groups -OCH3 is 1. The van der Waals surface area contributed by atoms with Gasteiger partial charge in [-0.3, -0.25) is 4.79 Å². The number of hydrazone groups is 1. The average Bonchev–Trinajstić information content (AvgIpc) is 3.22.